The molecule has 4 nitrogen and oxygen atoms in total. The Bertz CT molecular complexity index is 226. The van der Waals surface area contributed by atoms with Gasteiger partial charge in [-0.05, 0) is 11.6 Å². The summed E-state index contributed by atoms with van der Waals surface area (Å²) in [5, 5.41) is 0. The first-order valence-corrected chi connectivity index (χ1v) is 3.43. The van der Waals surface area contributed by atoms with E-state index in [4.69, 9.17) is 4.42 Å². The third-order valence-corrected chi connectivity index (χ3v) is 1.43. The zero-order valence-corrected chi connectivity index (χ0v) is 6.49. The second-order valence-electron chi connectivity index (χ2n) is 1.88. The molecule has 1 rings (SSSR count). The van der Waals surface area contributed by atoms with Crippen molar-refractivity contribution in [1.82, 2.24) is 4.98 Å². The Morgan fingerprint density at radius 2 is 2.30 bits per heavy atom. The fourth-order valence-electron chi connectivity index (χ4n) is 0.571. The van der Waals surface area contributed by atoms with Crippen LogP contribution in [0.4, 0.5) is 6.01 Å². The first-order valence-electron chi connectivity index (χ1n) is 2.73. The quantitative estimate of drug-likeness (QED) is 0.528. The Kier molecular flexibility index (Phi) is 1.96. The Morgan fingerprint density at radius 1 is 1.60 bits per heavy atom. The van der Waals surface area contributed by atoms with Crippen molar-refractivity contribution in [2.75, 3.05) is 0 Å². The number of rotatable bonds is 2. The van der Waals surface area contributed by atoms with Crippen molar-refractivity contribution in [3.8, 4) is 0 Å². The lowest BCUT2D eigenvalue weighted by Crippen LogP contribution is -1.70. The molecule has 1 aromatic rings. The summed E-state index contributed by atoms with van der Waals surface area (Å²) in [5.41, 5.74) is 0.896. The van der Waals surface area contributed by atoms with Gasteiger partial charge in [-0.2, -0.15) is 0 Å². The smallest absolute Gasteiger partial charge is 0.369 e. The van der Waals surface area contributed by atoms with E-state index in [0.717, 1.165) is 11.5 Å². The number of nitrogens with one attached hydrogen (secondary N) is 1. The minimum absolute atomic E-state index is 0.127. The third-order valence-electron chi connectivity index (χ3n) is 1.19. The molecule has 0 aromatic carbocycles. The van der Waals surface area contributed by atoms with Crippen molar-refractivity contribution in [2.24, 2.45) is 0 Å². The SMILES string of the molecule is Cc1[nH]c([N-][S+]=O)[o+]c1C. The first kappa shape index (κ1) is 7.14. The van der Waals surface area contributed by atoms with Crippen LogP contribution in [0.15, 0.2) is 4.42 Å². The van der Waals surface area contributed by atoms with Gasteiger partial charge in [0, 0.05) is 5.69 Å². The molecular weight excluding hydrogens is 152 g/mol. The van der Waals surface area contributed by atoms with Crippen LogP contribution in [0, 0.1) is 13.8 Å². The van der Waals surface area contributed by atoms with E-state index in [1.54, 1.807) is 6.92 Å². The lowest BCUT2D eigenvalue weighted by atomic mass is 10.4. The number of aromatic nitrogens is 1. The van der Waals surface area contributed by atoms with Gasteiger partial charge >= 0.3 is 23.6 Å². The van der Waals surface area contributed by atoms with E-state index in [0.29, 0.717) is 0 Å². The minimum atomic E-state index is 0.127. The Morgan fingerprint density at radius 3 is 2.70 bits per heavy atom. The molecule has 0 aliphatic heterocycles. The average molecular weight is 159 g/mol. The summed E-state index contributed by atoms with van der Waals surface area (Å²) >= 11 is 0.127. The number of hydrogen-bond acceptors (Lipinski definition) is 1. The molecule has 0 atom stereocenters. The van der Waals surface area contributed by atoms with Crippen LogP contribution in [-0.2, 0) is 16.1 Å². The molecule has 54 valence electrons. The maximum atomic E-state index is 9.89. The van der Waals surface area contributed by atoms with Crippen LogP contribution in [0.2, 0.25) is 0 Å². The molecule has 0 bridgehead atoms. The number of aryl methyl sites for hydroxylation is 2. The van der Waals surface area contributed by atoms with Gasteiger partial charge in [-0.15, -0.1) is 0 Å². The Labute approximate surface area is 62.3 Å². The second-order valence-corrected chi connectivity index (χ2v) is 2.21. The lowest BCUT2D eigenvalue weighted by molar-refractivity contribution is 0.549. The molecule has 0 spiro atoms. The van der Waals surface area contributed by atoms with Crippen LogP contribution < -0.4 is 0 Å². The molecule has 1 aromatic heterocycles. The van der Waals surface area contributed by atoms with Crippen LogP contribution in [0.3, 0.4) is 0 Å². The molecule has 10 heavy (non-hydrogen) atoms. The summed E-state index contributed by atoms with van der Waals surface area (Å²) in [6, 6.07) is 0.273. The van der Waals surface area contributed by atoms with Gasteiger partial charge in [0.1, 0.15) is 0 Å². The molecule has 0 saturated carbocycles. The first-order chi connectivity index (χ1) is 4.74. The highest BCUT2D eigenvalue weighted by atomic mass is 32.2. The third kappa shape index (κ3) is 1.30. The van der Waals surface area contributed by atoms with Crippen LogP contribution in [0.1, 0.15) is 11.5 Å². The second kappa shape index (κ2) is 2.74. The van der Waals surface area contributed by atoms with Crippen LogP contribution in [0.5, 0.6) is 0 Å². The van der Waals surface area contributed by atoms with E-state index < -0.39 is 0 Å². The predicted molar refractivity (Wildman–Crippen MR) is 38.0 cm³/mol. The molecule has 0 aliphatic carbocycles. The van der Waals surface area contributed by atoms with E-state index in [9.17, 15) is 4.21 Å². The van der Waals surface area contributed by atoms with Crippen molar-refractivity contribution in [1.29, 1.82) is 0 Å². The van der Waals surface area contributed by atoms with E-state index in [1.165, 1.54) is 0 Å². The van der Waals surface area contributed by atoms with Crippen molar-refractivity contribution < 1.29 is 8.63 Å². The molecule has 0 unspecified atom stereocenters. The van der Waals surface area contributed by atoms with E-state index >= 15 is 0 Å². The lowest BCUT2D eigenvalue weighted by Gasteiger charge is -1.75. The van der Waals surface area contributed by atoms with Gasteiger partial charge in [-0.3, -0.25) is 0 Å². The highest BCUT2D eigenvalue weighted by molar-refractivity contribution is 7.68. The maximum Gasteiger partial charge on any atom is 0.548 e. The summed E-state index contributed by atoms with van der Waals surface area (Å²) in [7, 11) is 0. The van der Waals surface area contributed by atoms with Crippen molar-refractivity contribution >= 4 is 17.9 Å². The van der Waals surface area contributed by atoms with Gasteiger partial charge in [0.2, 0.25) is 0 Å². The van der Waals surface area contributed by atoms with Crippen molar-refractivity contribution in [3.05, 3.63) is 16.2 Å². The zero-order valence-electron chi connectivity index (χ0n) is 5.67. The summed E-state index contributed by atoms with van der Waals surface area (Å²) in [6.45, 7) is 3.66. The largest absolute Gasteiger partial charge is 0.548 e. The normalized spacial score (nSPS) is 9.40. The van der Waals surface area contributed by atoms with Gasteiger partial charge < -0.3 is 4.98 Å². The highest BCUT2D eigenvalue weighted by Crippen LogP contribution is 2.18. The molecular formula is C5H7N2O2S+. The molecule has 0 fully saturated rings. The highest BCUT2D eigenvalue weighted by Gasteiger charge is 2.12. The molecule has 1 N–H and O–H groups in total. The van der Waals surface area contributed by atoms with Crippen LogP contribution in [0.25, 0.3) is 4.72 Å². The topological polar surface area (TPSA) is 58.3 Å². The average Bonchev–Trinajstić information content (AvgIpc) is 2.14. The monoisotopic (exact) mass is 159 g/mol. The molecule has 1 heterocycles. The van der Waals surface area contributed by atoms with Crippen LogP contribution >= 0.6 is 0 Å². The van der Waals surface area contributed by atoms with Crippen molar-refractivity contribution in [2.45, 2.75) is 13.8 Å². The molecule has 0 radical (unpaired) electrons. The molecule has 0 aliphatic rings. The Hall–Kier alpha value is -0.970. The summed E-state index contributed by atoms with van der Waals surface area (Å²) in [6.07, 6.45) is 0. The van der Waals surface area contributed by atoms with Crippen molar-refractivity contribution in [3.63, 3.8) is 0 Å². The summed E-state index contributed by atoms with van der Waals surface area (Å²) in [5.74, 6) is 0.757. The fourth-order valence-corrected chi connectivity index (χ4v) is 0.721. The van der Waals surface area contributed by atoms with E-state index in [-0.39, 0.29) is 17.9 Å². The molecule has 0 saturated heterocycles. The van der Waals surface area contributed by atoms with Gasteiger partial charge in [0.05, 0.1) is 11.1 Å². The van der Waals surface area contributed by atoms with Gasteiger partial charge in [0.25, 0.3) is 0 Å². The number of aromatic amines is 1. The number of nitrogens with zero attached hydrogens (tertiary/aromatic N) is 1. The number of H-pyrrole nitrogens is 1. The fraction of sp³-hybridized carbons (Fsp3) is 0.400. The van der Waals surface area contributed by atoms with Gasteiger partial charge in [-0.25, -0.2) is 4.42 Å². The number of oxazole rings is 1. The number of hydrogen-bond donors (Lipinski definition) is 1. The zero-order chi connectivity index (χ0) is 7.56. The molecule has 0 amide bonds. The molecule has 5 heteroatoms. The summed E-state index contributed by atoms with van der Waals surface area (Å²) in [4.78, 5) is 2.79. The summed E-state index contributed by atoms with van der Waals surface area (Å²) < 4.78 is 18.3. The van der Waals surface area contributed by atoms with E-state index in [2.05, 4.69) is 9.71 Å². The predicted octanol–water partition coefficient (Wildman–Crippen LogP) is 1.85. The maximum absolute atomic E-state index is 9.89. The van der Waals surface area contributed by atoms with Gasteiger partial charge in [-0.1, -0.05) is 0 Å². The van der Waals surface area contributed by atoms with Gasteiger partial charge in [0.15, 0.2) is 0 Å². The van der Waals surface area contributed by atoms with E-state index in [1.807, 2.05) is 6.92 Å². The Balaban J connectivity index is 2.86. The van der Waals surface area contributed by atoms with Crippen LogP contribution in [-0.4, -0.2) is 4.98 Å². The standard InChI is InChI=1S/C5H7N2O2S/c1-3-4(2)9-5(6-3)7-10-8/h6H,1-2H3/q+1. The minimum Gasteiger partial charge on any atom is -0.369 e.